The van der Waals surface area contributed by atoms with E-state index in [0.29, 0.717) is 28.6 Å². The number of nitrogens with zero attached hydrogens (tertiary/aromatic N) is 1. The maximum absolute atomic E-state index is 13.2. The average Bonchev–Trinajstić information content (AvgIpc) is 2.72. The summed E-state index contributed by atoms with van der Waals surface area (Å²) >= 11 is 14.1. The molecular weight excluding hydrogens is 451 g/mol. The van der Waals surface area contributed by atoms with Gasteiger partial charge in [-0.25, -0.2) is 0 Å². The Morgan fingerprint density at radius 2 is 1.81 bits per heavy atom. The Kier molecular flexibility index (Phi) is 10.7. The van der Waals surface area contributed by atoms with E-state index in [9.17, 15) is 9.59 Å². The Balaban J connectivity index is 2.10. The van der Waals surface area contributed by atoms with E-state index in [2.05, 4.69) is 17.4 Å². The lowest BCUT2D eigenvalue weighted by molar-refractivity contribution is -0.141. The molecule has 0 saturated heterocycles. The first-order valence-electron chi connectivity index (χ1n) is 10.5. The minimum absolute atomic E-state index is 0.000880. The van der Waals surface area contributed by atoms with Crippen LogP contribution < -0.4 is 5.32 Å². The van der Waals surface area contributed by atoms with Gasteiger partial charge in [0.25, 0.3) is 0 Å². The number of amides is 2. The highest BCUT2D eigenvalue weighted by atomic mass is 35.5. The average molecular weight is 481 g/mol. The van der Waals surface area contributed by atoms with Gasteiger partial charge in [0.15, 0.2) is 0 Å². The number of benzene rings is 2. The molecule has 31 heavy (non-hydrogen) atoms. The lowest BCUT2D eigenvalue weighted by Gasteiger charge is -2.31. The zero-order valence-electron chi connectivity index (χ0n) is 18.2. The molecule has 0 unspecified atom stereocenters. The molecule has 2 aromatic carbocycles. The summed E-state index contributed by atoms with van der Waals surface area (Å²) in [5.41, 5.74) is 2.00. The Bertz CT molecular complexity index is 862. The van der Waals surface area contributed by atoms with E-state index in [-0.39, 0.29) is 24.4 Å². The summed E-state index contributed by atoms with van der Waals surface area (Å²) < 4.78 is 0. The minimum Gasteiger partial charge on any atom is -0.352 e. The second kappa shape index (κ2) is 13.0. The van der Waals surface area contributed by atoms with E-state index in [1.807, 2.05) is 45.0 Å². The summed E-state index contributed by atoms with van der Waals surface area (Å²) in [5, 5.41) is 3.96. The third-order valence-corrected chi connectivity index (χ3v) is 6.36. The van der Waals surface area contributed by atoms with Crippen molar-refractivity contribution < 1.29 is 9.59 Å². The molecule has 0 aliphatic rings. The molecular formula is C24H30Cl2N2O2S. The van der Waals surface area contributed by atoms with Crippen molar-refractivity contribution in [2.75, 3.05) is 5.75 Å². The van der Waals surface area contributed by atoms with Crippen molar-refractivity contribution in [1.29, 1.82) is 0 Å². The number of halogens is 2. The van der Waals surface area contributed by atoms with Crippen molar-refractivity contribution in [1.82, 2.24) is 10.2 Å². The maximum Gasteiger partial charge on any atom is 0.243 e. The predicted octanol–water partition coefficient (Wildman–Crippen LogP) is 5.95. The lowest BCUT2D eigenvalue weighted by Crippen LogP contribution is -2.50. The second-order valence-corrected chi connectivity index (χ2v) is 9.58. The predicted molar refractivity (Wildman–Crippen MR) is 132 cm³/mol. The summed E-state index contributed by atoms with van der Waals surface area (Å²) in [7, 11) is 0. The quantitative estimate of drug-likeness (QED) is 0.404. The number of carbonyl (C=O) groups is 2. The normalized spacial score (nSPS) is 11.9. The molecule has 2 rings (SSSR count). The molecule has 2 aromatic rings. The van der Waals surface area contributed by atoms with Crippen LogP contribution in [-0.4, -0.2) is 34.6 Å². The minimum atomic E-state index is -0.555. The van der Waals surface area contributed by atoms with Gasteiger partial charge in [0.2, 0.25) is 11.8 Å². The first kappa shape index (κ1) is 25.6. The van der Waals surface area contributed by atoms with E-state index in [0.717, 1.165) is 11.3 Å². The van der Waals surface area contributed by atoms with Gasteiger partial charge >= 0.3 is 0 Å². The van der Waals surface area contributed by atoms with Crippen molar-refractivity contribution in [2.24, 2.45) is 0 Å². The Hall–Kier alpha value is -1.69. The summed E-state index contributed by atoms with van der Waals surface area (Å²) in [4.78, 5) is 27.7. The molecule has 1 atom stereocenters. The number of rotatable bonds is 11. The first-order chi connectivity index (χ1) is 14.8. The fraction of sp³-hybridized carbons (Fsp3) is 0.417. The van der Waals surface area contributed by atoms with E-state index in [1.165, 1.54) is 5.56 Å². The lowest BCUT2D eigenvalue weighted by atomic mass is 10.1. The van der Waals surface area contributed by atoms with Gasteiger partial charge in [0, 0.05) is 40.6 Å². The van der Waals surface area contributed by atoms with Crippen LogP contribution in [0.5, 0.6) is 0 Å². The molecule has 0 aromatic heterocycles. The molecule has 0 aliphatic heterocycles. The molecule has 0 fully saturated rings. The number of carbonyl (C=O) groups excluding carboxylic acids is 2. The highest BCUT2D eigenvalue weighted by molar-refractivity contribution is 7.98. The van der Waals surface area contributed by atoms with Gasteiger partial charge in [0.05, 0.1) is 0 Å². The second-order valence-electron chi connectivity index (χ2n) is 7.63. The summed E-state index contributed by atoms with van der Waals surface area (Å²) in [6.45, 7) is 6.00. The van der Waals surface area contributed by atoms with Crippen LogP contribution in [0.25, 0.3) is 0 Å². The summed E-state index contributed by atoms with van der Waals surface area (Å²) in [5.74, 6) is 1.33. The van der Waals surface area contributed by atoms with Gasteiger partial charge in [-0.05, 0) is 43.5 Å². The van der Waals surface area contributed by atoms with Gasteiger partial charge in [-0.1, -0.05) is 66.5 Å². The highest BCUT2D eigenvalue weighted by Crippen LogP contribution is 2.24. The Morgan fingerprint density at radius 1 is 1.10 bits per heavy atom. The molecule has 2 amide bonds. The monoisotopic (exact) mass is 480 g/mol. The number of hydrogen-bond donors (Lipinski definition) is 1. The maximum atomic E-state index is 13.2. The number of hydrogen-bond acceptors (Lipinski definition) is 3. The molecule has 0 heterocycles. The number of nitrogens with one attached hydrogen (secondary N) is 1. The van der Waals surface area contributed by atoms with E-state index >= 15 is 0 Å². The van der Waals surface area contributed by atoms with Crippen LogP contribution in [0.2, 0.25) is 10.0 Å². The SMILES string of the molecule is CC[C@H](C(=O)NC(C)C)N(Cc1ccc(Cl)cc1Cl)C(=O)CCSCc1ccccc1. The van der Waals surface area contributed by atoms with Crippen LogP contribution in [0.3, 0.4) is 0 Å². The molecule has 1 N–H and O–H groups in total. The topological polar surface area (TPSA) is 49.4 Å². The molecule has 0 radical (unpaired) electrons. The summed E-state index contributed by atoms with van der Waals surface area (Å²) in [6.07, 6.45) is 0.876. The standard InChI is InChI=1S/C24H30Cl2N2O2S/c1-4-22(24(30)27-17(2)3)28(15-19-10-11-20(25)14-21(19)26)23(29)12-13-31-16-18-8-6-5-7-9-18/h5-11,14,17,22H,4,12-13,15-16H2,1-3H3,(H,27,30)/t22-/m1/s1. The molecule has 7 heteroatoms. The van der Waals surface area contributed by atoms with Gasteiger partial charge in [0.1, 0.15) is 6.04 Å². The van der Waals surface area contributed by atoms with Crippen molar-refractivity contribution in [3.63, 3.8) is 0 Å². The fourth-order valence-corrected chi connectivity index (χ4v) is 4.56. The van der Waals surface area contributed by atoms with Crippen molar-refractivity contribution in [3.8, 4) is 0 Å². The molecule has 0 aliphatic carbocycles. The third-order valence-electron chi connectivity index (χ3n) is 4.74. The smallest absolute Gasteiger partial charge is 0.243 e. The zero-order chi connectivity index (χ0) is 22.8. The van der Waals surface area contributed by atoms with Crippen molar-refractivity contribution in [3.05, 3.63) is 69.7 Å². The van der Waals surface area contributed by atoms with E-state index < -0.39 is 6.04 Å². The van der Waals surface area contributed by atoms with Crippen LogP contribution in [0.1, 0.15) is 44.7 Å². The Morgan fingerprint density at radius 3 is 2.42 bits per heavy atom. The summed E-state index contributed by atoms with van der Waals surface area (Å²) in [6, 6.07) is 14.8. The van der Waals surface area contributed by atoms with E-state index in [4.69, 9.17) is 23.2 Å². The van der Waals surface area contributed by atoms with E-state index in [1.54, 1.807) is 28.8 Å². The van der Waals surface area contributed by atoms with Crippen LogP contribution in [0.15, 0.2) is 48.5 Å². The van der Waals surface area contributed by atoms with Crippen LogP contribution >= 0.6 is 35.0 Å². The third kappa shape index (κ3) is 8.40. The fourth-order valence-electron chi connectivity index (χ4n) is 3.20. The first-order valence-corrected chi connectivity index (χ1v) is 12.4. The van der Waals surface area contributed by atoms with Crippen LogP contribution in [0, 0.1) is 0 Å². The highest BCUT2D eigenvalue weighted by Gasteiger charge is 2.29. The molecule has 0 bridgehead atoms. The van der Waals surface area contributed by atoms with Gasteiger partial charge in [-0.3, -0.25) is 9.59 Å². The molecule has 168 valence electrons. The van der Waals surface area contributed by atoms with Crippen LogP contribution in [0.4, 0.5) is 0 Å². The molecule has 0 saturated carbocycles. The molecule has 4 nitrogen and oxygen atoms in total. The number of thioether (sulfide) groups is 1. The zero-order valence-corrected chi connectivity index (χ0v) is 20.6. The van der Waals surface area contributed by atoms with Gasteiger partial charge in [-0.2, -0.15) is 11.8 Å². The largest absolute Gasteiger partial charge is 0.352 e. The van der Waals surface area contributed by atoms with Crippen molar-refractivity contribution >= 4 is 46.8 Å². The van der Waals surface area contributed by atoms with Crippen LogP contribution in [-0.2, 0) is 21.9 Å². The van der Waals surface area contributed by atoms with Crippen molar-refractivity contribution in [2.45, 2.75) is 58.0 Å². The van der Waals surface area contributed by atoms with Gasteiger partial charge < -0.3 is 10.2 Å². The Labute approximate surface area is 199 Å². The van der Waals surface area contributed by atoms with Gasteiger partial charge in [-0.15, -0.1) is 0 Å². The molecule has 0 spiro atoms.